The normalized spacial score (nSPS) is 15.8. The van der Waals surface area contributed by atoms with E-state index in [0.29, 0.717) is 0 Å². The summed E-state index contributed by atoms with van der Waals surface area (Å²) >= 11 is 3.34. The molecule has 1 fully saturated rings. The van der Waals surface area contributed by atoms with Gasteiger partial charge in [0.15, 0.2) is 0 Å². The summed E-state index contributed by atoms with van der Waals surface area (Å²) in [6, 6.07) is 5.89. The van der Waals surface area contributed by atoms with Gasteiger partial charge in [0.1, 0.15) is 5.82 Å². The van der Waals surface area contributed by atoms with Crippen molar-refractivity contribution in [1.82, 2.24) is 4.90 Å². The van der Waals surface area contributed by atoms with Crippen LogP contribution in [0.4, 0.5) is 4.39 Å². The summed E-state index contributed by atoms with van der Waals surface area (Å²) < 4.78 is 14.1. The van der Waals surface area contributed by atoms with E-state index >= 15 is 0 Å². The molecule has 1 aromatic rings. The molecule has 2 rings (SSSR count). The first-order valence-corrected chi connectivity index (χ1v) is 6.67. The highest BCUT2D eigenvalue weighted by atomic mass is 79.9. The second kappa shape index (κ2) is 5.28. The van der Waals surface area contributed by atoms with Crippen molar-refractivity contribution >= 4 is 15.9 Å². The van der Waals surface area contributed by atoms with Crippen molar-refractivity contribution in [3.05, 3.63) is 34.1 Å². The van der Waals surface area contributed by atoms with Crippen LogP contribution in [-0.4, -0.2) is 17.5 Å². The fourth-order valence-corrected chi connectivity index (χ4v) is 2.57. The van der Waals surface area contributed by atoms with Crippen LogP contribution in [0.5, 0.6) is 0 Å². The first-order chi connectivity index (χ1) is 7.69. The topological polar surface area (TPSA) is 3.24 Å². The molecule has 0 saturated heterocycles. The van der Waals surface area contributed by atoms with Crippen molar-refractivity contribution < 1.29 is 4.39 Å². The maximum Gasteiger partial charge on any atom is 0.124 e. The number of benzene rings is 1. The molecule has 1 saturated carbocycles. The van der Waals surface area contributed by atoms with Crippen molar-refractivity contribution in [3.8, 4) is 0 Å². The summed E-state index contributed by atoms with van der Waals surface area (Å²) in [5, 5.41) is 0. The van der Waals surface area contributed by atoms with E-state index in [1.165, 1.54) is 18.9 Å². The Hall–Kier alpha value is -0.410. The van der Waals surface area contributed by atoms with Gasteiger partial charge in [-0.3, -0.25) is 4.90 Å². The number of nitrogens with zero attached hydrogens (tertiary/aromatic N) is 1. The molecule has 0 radical (unpaired) electrons. The van der Waals surface area contributed by atoms with Crippen LogP contribution in [0, 0.1) is 5.82 Å². The summed E-state index contributed by atoms with van der Waals surface area (Å²) in [5.74, 6) is -0.156. The fourth-order valence-electron chi connectivity index (χ4n) is 2.05. The molecule has 1 aliphatic rings. The smallest absolute Gasteiger partial charge is 0.124 e. The maximum absolute atomic E-state index is 13.2. The van der Waals surface area contributed by atoms with Crippen LogP contribution >= 0.6 is 15.9 Å². The molecule has 0 bridgehead atoms. The summed E-state index contributed by atoms with van der Waals surface area (Å²) in [6.07, 6.45) is 3.76. The average molecular weight is 286 g/mol. The first kappa shape index (κ1) is 12.1. The van der Waals surface area contributed by atoms with E-state index in [-0.39, 0.29) is 5.82 Å². The zero-order valence-corrected chi connectivity index (χ0v) is 11.1. The molecular weight excluding hydrogens is 269 g/mol. The van der Waals surface area contributed by atoms with E-state index in [4.69, 9.17) is 0 Å². The number of halogens is 2. The van der Waals surface area contributed by atoms with Crippen LogP contribution in [0.3, 0.4) is 0 Å². The van der Waals surface area contributed by atoms with Crippen LogP contribution in [-0.2, 0) is 6.54 Å². The lowest BCUT2D eigenvalue weighted by atomic mass is 10.2. The Morgan fingerprint density at radius 2 is 2.12 bits per heavy atom. The minimum atomic E-state index is -0.156. The van der Waals surface area contributed by atoms with Crippen LogP contribution in [0.2, 0.25) is 0 Å². The minimum absolute atomic E-state index is 0.156. The van der Waals surface area contributed by atoms with Gasteiger partial charge in [-0.15, -0.1) is 0 Å². The molecule has 1 aromatic carbocycles. The van der Waals surface area contributed by atoms with Crippen molar-refractivity contribution in [2.75, 3.05) is 6.54 Å². The number of rotatable bonds is 5. The SMILES string of the molecule is CCCN(Cc1cc(F)cc(Br)c1)C1CC1. The largest absolute Gasteiger partial charge is 0.296 e. The summed E-state index contributed by atoms with van der Waals surface area (Å²) in [5.41, 5.74) is 1.06. The number of hydrogen-bond donors (Lipinski definition) is 0. The predicted molar refractivity (Wildman–Crippen MR) is 67.8 cm³/mol. The average Bonchev–Trinajstić information content (AvgIpc) is 2.98. The Balaban J connectivity index is 2.05. The minimum Gasteiger partial charge on any atom is -0.296 e. The second-order valence-corrected chi connectivity index (χ2v) is 5.40. The summed E-state index contributed by atoms with van der Waals surface area (Å²) in [4.78, 5) is 2.46. The molecule has 0 heterocycles. The van der Waals surface area contributed by atoms with Gasteiger partial charge < -0.3 is 0 Å². The highest BCUT2D eigenvalue weighted by Gasteiger charge is 2.28. The van der Waals surface area contributed by atoms with Gasteiger partial charge in [-0.1, -0.05) is 22.9 Å². The Morgan fingerprint density at radius 3 is 2.69 bits per heavy atom. The Morgan fingerprint density at radius 1 is 1.38 bits per heavy atom. The van der Waals surface area contributed by atoms with Gasteiger partial charge in [0, 0.05) is 17.1 Å². The van der Waals surface area contributed by atoms with Gasteiger partial charge in [-0.05, 0) is 49.6 Å². The van der Waals surface area contributed by atoms with Crippen molar-refractivity contribution in [2.45, 2.75) is 38.8 Å². The lowest BCUT2D eigenvalue weighted by molar-refractivity contribution is 0.255. The summed E-state index contributed by atoms with van der Waals surface area (Å²) in [6.45, 7) is 4.17. The Bertz CT molecular complexity index is 343. The quantitative estimate of drug-likeness (QED) is 0.792. The maximum atomic E-state index is 13.2. The fraction of sp³-hybridized carbons (Fsp3) is 0.538. The van der Waals surface area contributed by atoms with Gasteiger partial charge in [-0.2, -0.15) is 0 Å². The van der Waals surface area contributed by atoms with Crippen LogP contribution in [0.25, 0.3) is 0 Å². The first-order valence-electron chi connectivity index (χ1n) is 5.88. The van der Waals surface area contributed by atoms with E-state index in [1.807, 2.05) is 6.07 Å². The molecule has 0 atom stereocenters. The third-order valence-electron chi connectivity index (χ3n) is 2.88. The van der Waals surface area contributed by atoms with Crippen LogP contribution in [0.1, 0.15) is 31.7 Å². The van der Waals surface area contributed by atoms with Gasteiger partial charge in [0.05, 0.1) is 0 Å². The lowest BCUT2D eigenvalue weighted by Gasteiger charge is -2.21. The number of hydrogen-bond acceptors (Lipinski definition) is 1. The third kappa shape index (κ3) is 3.29. The molecule has 0 spiro atoms. The zero-order valence-electron chi connectivity index (χ0n) is 9.55. The van der Waals surface area contributed by atoms with E-state index in [2.05, 4.69) is 27.8 Å². The van der Waals surface area contributed by atoms with Gasteiger partial charge in [-0.25, -0.2) is 4.39 Å². The van der Waals surface area contributed by atoms with Crippen molar-refractivity contribution in [3.63, 3.8) is 0 Å². The van der Waals surface area contributed by atoms with E-state index in [9.17, 15) is 4.39 Å². The van der Waals surface area contributed by atoms with Gasteiger partial charge in [0.2, 0.25) is 0 Å². The zero-order chi connectivity index (χ0) is 11.5. The van der Waals surface area contributed by atoms with Gasteiger partial charge >= 0.3 is 0 Å². The second-order valence-electron chi connectivity index (χ2n) is 4.48. The van der Waals surface area contributed by atoms with Crippen molar-refractivity contribution in [2.24, 2.45) is 0 Å². The highest BCUT2D eigenvalue weighted by Crippen LogP contribution is 2.29. The Labute approximate surface area is 105 Å². The molecular formula is C13H17BrFN. The molecule has 0 unspecified atom stereocenters. The molecule has 88 valence electrons. The molecule has 0 aromatic heterocycles. The van der Waals surface area contributed by atoms with E-state index < -0.39 is 0 Å². The molecule has 3 heteroatoms. The molecule has 0 N–H and O–H groups in total. The molecule has 0 aliphatic heterocycles. The predicted octanol–water partition coefficient (Wildman–Crippen LogP) is 3.96. The molecule has 16 heavy (non-hydrogen) atoms. The lowest BCUT2D eigenvalue weighted by Crippen LogP contribution is -2.26. The molecule has 1 aliphatic carbocycles. The highest BCUT2D eigenvalue weighted by molar-refractivity contribution is 9.10. The molecule has 1 nitrogen and oxygen atoms in total. The molecule has 0 amide bonds. The standard InChI is InChI=1S/C13H17BrFN/c1-2-5-16(13-3-4-13)9-10-6-11(14)8-12(15)7-10/h6-8,13H,2-5,9H2,1H3. The van der Waals surface area contributed by atoms with Gasteiger partial charge in [0.25, 0.3) is 0 Å². The summed E-state index contributed by atoms with van der Waals surface area (Å²) in [7, 11) is 0. The van der Waals surface area contributed by atoms with Crippen molar-refractivity contribution in [1.29, 1.82) is 0 Å². The van der Waals surface area contributed by atoms with E-state index in [1.54, 1.807) is 6.07 Å². The van der Waals surface area contributed by atoms with Crippen LogP contribution < -0.4 is 0 Å². The van der Waals surface area contributed by atoms with E-state index in [0.717, 1.165) is 35.6 Å². The third-order valence-corrected chi connectivity index (χ3v) is 3.34. The Kier molecular flexibility index (Phi) is 3.98. The monoisotopic (exact) mass is 285 g/mol. The van der Waals surface area contributed by atoms with Crippen LogP contribution in [0.15, 0.2) is 22.7 Å².